The van der Waals surface area contributed by atoms with Gasteiger partial charge in [-0.15, -0.1) is 0 Å². The van der Waals surface area contributed by atoms with Gasteiger partial charge in [-0.05, 0) is 64.1 Å². The van der Waals surface area contributed by atoms with Crippen LogP contribution in [0.5, 0.6) is 5.75 Å². The Balaban J connectivity index is 1.94. The Hall–Kier alpha value is -3.19. The summed E-state index contributed by atoms with van der Waals surface area (Å²) < 4.78 is 7.82. The number of H-pyrrole nitrogens is 1. The second kappa shape index (κ2) is 7.57. The Morgan fingerprint density at radius 3 is 2.47 bits per heavy atom. The average Bonchev–Trinajstić information content (AvgIpc) is 3.27. The molecule has 0 radical (unpaired) electrons. The molecule has 2 heterocycles. The lowest BCUT2D eigenvalue weighted by Crippen LogP contribution is -2.21. The second-order valence-corrected chi connectivity index (χ2v) is 9.07. The molecule has 2 aromatic carbocycles. The molecule has 30 heavy (non-hydrogen) atoms. The molecular weight excluding hydrogens is 396 g/mol. The molecule has 154 valence electrons. The summed E-state index contributed by atoms with van der Waals surface area (Å²) in [5, 5.41) is 3.88. The topological polar surface area (TPSA) is 72.3 Å². The Bertz CT molecular complexity index is 1250. The van der Waals surface area contributed by atoms with Crippen LogP contribution in [0.2, 0.25) is 0 Å². The number of nitrogens with one attached hydrogen (secondary N) is 1. The molecule has 0 aliphatic carbocycles. The van der Waals surface area contributed by atoms with Gasteiger partial charge in [0.1, 0.15) is 5.75 Å². The van der Waals surface area contributed by atoms with Crippen molar-refractivity contribution in [2.24, 2.45) is 4.99 Å². The van der Waals surface area contributed by atoms with Crippen LogP contribution in [-0.2, 0) is 0 Å². The molecule has 0 bridgehead atoms. The van der Waals surface area contributed by atoms with E-state index in [2.05, 4.69) is 10.1 Å². The molecule has 1 N–H and O–H groups in total. The molecule has 2 aromatic heterocycles. The maximum Gasteiger partial charge on any atom is 0.283 e. The highest BCUT2D eigenvalue weighted by molar-refractivity contribution is 7.20. The fourth-order valence-corrected chi connectivity index (χ4v) is 4.31. The zero-order chi connectivity index (χ0) is 21.5. The molecule has 0 atom stereocenters. The predicted octanol–water partition coefficient (Wildman–Crippen LogP) is 5.06. The monoisotopic (exact) mass is 420 g/mol. The number of nitrogens with zero attached hydrogens (tertiary/aromatic N) is 3. The van der Waals surface area contributed by atoms with E-state index in [1.54, 1.807) is 7.11 Å². The lowest BCUT2D eigenvalue weighted by atomic mass is 10.0. The first-order valence-electron chi connectivity index (χ1n) is 9.69. The molecule has 6 nitrogen and oxygen atoms in total. The summed E-state index contributed by atoms with van der Waals surface area (Å²) in [6, 6.07) is 15.5. The van der Waals surface area contributed by atoms with Crippen LogP contribution in [-0.4, -0.2) is 33.1 Å². The number of aromatic nitrogens is 3. The highest BCUT2D eigenvalue weighted by atomic mass is 32.1. The summed E-state index contributed by atoms with van der Waals surface area (Å²) in [5.41, 5.74) is 3.24. The number of thiazole rings is 1. The third-order valence-corrected chi connectivity index (χ3v) is 5.63. The highest BCUT2D eigenvalue weighted by Crippen LogP contribution is 2.27. The van der Waals surface area contributed by atoms with Crippen LogP contribution in [0.15, 0.2) is 58.3 Å². The van der Waals surface area contributed by atoms with Crippen molar-refractivity contribution >= 4 is 27.3 Å². The van der Waals surface area contributed by atoms with E-state index in [1.165, 1.54) is 16.0 Å². The number of aromatic amines is 1. The molecule has 0 aliphatic heterocycles. The van der Waals surface area contributed by atoms with Crippen molar-refractivity contribution in [1.29, 1.82) is 0 Å². The lowest BCUT2D eigenvalue weighted by molar-refractivity contribution is 0.415. The van der Waals surface area contributed by atoms with Gasteiger partial charge in [-0.1, -0.05) is 23.5 Å². The van der Waals surface area contributed by atoms with Crippen molar-refractivity contribution < 1.29 is 4.74 Å². The zero-order valence-electron chi connectivity index (χ0n) is 17.7. The van der Waals surface area contributed by atoms with Crippen LogP contribution in [0.4, 0.5) is 0 Å². The van der Waals surface area contributed by atoms with Gasteiger partial charge >= 0.3 is 0 Å². The summed E-state index contributed by atoms with van der Waals surface area (Å²) in [4.78, 5) is 22.9. The Morgan fingerprint density at radius 2 is 1.83 bits per heavy atom. The summed E-state index contributed by atoms with van der Waals surface area (Å²) in [6.45, 7) is 7.93. The molecule has 0 saturated carbocycles. The van der Waals surface area contributed by atoms with Gasteiger partial charge in [0.05, 0.1) is 34.1 Å². The van der Waals surface area contributed by atoms with Crippen LogP contribution >= 0.6 is 11.3 Å². The van der Waals surface area contributed by atoms with Gasteiger partial charge in [0, 0.05) is 11.3 Å². The summed E-state index contributed by atoms with van der Waals surface area (Å²) >= 11 is 1.47. The smallest absolute Gasteiger partial charge is 0.283 e. The normalized spacial score (nSPS) is 12.5. The minimum Gasteiger partial charge on any atom is -0.497 e. The Morgan fingerprint density at radius 1 is 1.13 bits per heavy atom. The molecular formula is C23H24N4O2S. The van der Waals surface area contributed by atoms with Crippen molar-refractivity contribution in [2.45, 2.75) is 33.2 Å². The van der Waals surface area contributed by atoms with Crippen molar-refractivity contribution in [3.63, 3.8) is 0 Å². The van der Waals surface area contributed by atoms with Crippen molar-refractivity contribution in [2.75, 3.05) is 7.11 Å². The van der Waals surface area contributed by atoms with Gasteiger partial charge in [0.2, 0.25) is 5.13 Å². The number of hydrogen-bond acceptors (Lipinski definition) is 5. The van der Waals surface area contributed by atoms with E-state index in [0.29, 0.717) is 22.1 Å². The fraction of sp³-hybridized carbons (Fsp3) is 0.261. The maximum absolute atomic E-state index is 13.5. The number of para-hydroxylation sites is 1. The quantitative estimate of drug-likeness (QED) is 0.469. The number of methoxy groups -OCH3 is 1. The predicted molar refractivity (Wildman–Crippen MR) is 124 cm³/mol. The number of benzene rings is 2. The second-order valence-electron chi connectivity index (χ2n) is 8.06. The summed E-state index contributed by atoms with van der Waals surface area (Å²) in [7, 11) is 1.63. The minimum absolute atomic E-state index is 0.162. The SMILES string of the molecule is COc1ccc(-c2[nH]n(-c3nc4ccccc4s3)c(=O)c2C(C)=NC(C)(C)C)cc1. The summed E-state index contributed by atoms with van der Waals surface area (Å²) in [6.07, 6.45) is 0. The zero-order valence-corrected chi connectivity index (χ0v) is 18.5. The Labute approximate surface area is 178 Å². The van der Waals surface area contributed by atoms with E-state index in [4.69, 9.17) is 9.73 Å². The van der Waals surface area contributed by atoms with Gasteiger partial charge < -0.3 is 4.74 Å². The van der Waals surface area contributed by atoms with Crippen molar-refractivity contribution in [3.8, 4) is 22.1 Å². The van der Waals surface area contributed by atoms with Crippen molar-refractivity contribution in [3.05, 3.63) is 64.4 Å². The van der Waals surface area contributed by atoms with Gasteiger partial charge in [-0.3, -0.25) is 14.9 Å². The van der Waals surface area contributed by atoms with Crippen molar-refractivity contribution in [1.82, 2.24) is 14.8 Å². The number of aliphatic imine (C=N–C) groups is 1. The molecule has 0 saturated heterocycles. The van der Waals surface area contributed by atoms with Crippen LogP contribution < -0.4 is 10.3 Å². The van der Waals surface area contributed by atoms with E-state index in [1.807, 2.05) is 76.2 Å². The third kappa shape index (κ3) is 3.80. The van der Waals surface area contributed by atoms with Gasteiger partial charge in [0.25, 0.3) is 5.56 Å². The third-order valence-electron chi connectivity index (χ3n) is 4.61. The minimum atomic E-state index is -0.300. The summed E-state index contributed by atoms with van der Waals surface area (Å²) in [5.74, 6) is 0.758. The Kier molecular flexibility index (Phi) is 5.07. The first kappa shape index (κ1) is 20.1. The van der Waals surface area contributed by atoms with E-state index in [-0.39, 0.29) is 11.1 Å². The number of hydrogen-bond donors (Lipinski definition) is 1. The first-order valence-corrected chi connectivity index (χ1v) is 10.5. The van der Waals surface area contributed by atoms with Gasteiger partial charge in [-0.2, -0.15) is 4.68 Å². The van der Waals surface area contributed by atoms with Crippen LogP contribution in [0, 0.1) is 0 Å². The maximum atomic E-state index is 13.5. The van der Waals surface area contributed by atoms with E-state index in [0.717, 1.165) is 21.5 Å². The van der Waals surface area contributed by atoms with Gasteiger partial charge in [0.15, 0.2) is 0 Å². The number of ether oxygens (including phenoxy) is 1. The first-order chi connectivity index (χ1) is 14.3. The largest absolute Gasteiger partial charge is 0.497 e. The number of rotatable bonds is 4. The fourth-order valence-electron chi connectivity index (χ4n) is 3.39. The number of fused-ring (bicyclic) bond motifs is 1. The van der Waals surface area contributed by atoms with Crippen LogP contribution in [0.25, 0.3) is 26.6 Å². The standard InChI is InChI=1S/C23H24N4O2S/c1-14(25-23(2,3)4)19-20(15-10-12-16(29-5)13-11-15)26-27(21(19)28)22-24-17-8-6-7-9-18(17)30-22/h6-13,26H,1-5H3. The molecule has 4 aromatic rings. The lowest BCUT2D eigenvalue weighted by Gasteiger charge is -2.14. The van der Waals surface area contributed by atoms with E-state index in [9.17, 15) is 4.79 Å². The van der Waals surface area contributed by atoms with E-state index >= 15 is 0 Å². The van der Waals surface area contributed by atoms with Crippen LogP contribution in [0.3, 0.4) is 0 Å². The molecule has 0 unspecified atom stereocenters. The molecule has 0 fully saturated rings. The molecule has 4 rings (SSSR count). The molecule has 7 heteroatoms. The average molecular weight is 421 g/mol. The molecule has 0 amide bonds. The highest BCUT2D eigenvalue weighted by Gasteiger charge is 2.22. The van der Waals surface area contributed by atoms with Gasteiger partial charge in [-0.25, -0.2) is 4.98 Å². The molecule has 0 aliphatic rings. The molecule has 0 spiro atoms. The van der Waals surface area contributed by atoms with E-state index < -0.39 is 0 Å². The van der Waals surface area contributed by atoms with Crippen LogP contribution in [0.1, 0.15) is 33.3 Å².